The molecular formula is C18H18ClN3O3. The van der Waals surface area contributed by atoms with Gasteiger partial charge in [0.25, 0.3) is 5.91 Å². The smallest absolute Gasteiger partial charge is 0.290 e. The van der Waals surface area contributed by atoms with E-state index in [1.807, 2.05) is 18.2 Å². The van der Waals surface area contributed by atoms with Gasteiger partial charge >= 0.3 is 0 Å². The highest BCUT2D eigenvalue weighted by atomic mass is 35.5. The Hall–Kier alpha value is -2.60. The van der Waals surface area contributed by atoms with Crippen LogP contribution in [0.15, 0.2) is 45.4 Å². The summed E-state index contributed by atoms with van der Waals surface area (Å²) in [6.07, 6.45) is 0.764. The van der Waals surface area contributed by atoms with Crippen molar-refractivity contribution in [2.45, 2.75) is 26.8 Å². The predicted octanol–water partition coefficient (Wildman–Crippen LogP) is 4.11. The van der Waals surface area contributed by atoms with E-state index in [1.54, 1.807) is 18.2 Å². The lowest BCUT2D eigenvalue weighted by molar-refractivity contribution is 0.0910. The van der Waals surface area contributed by atoms with Crippen LogP contribution in [0.4, 0.5) is 0 Å². The maximum Gasteiger partial charge on any atom is 0.290 e. The van der Waals surface area contributed by atoms with Crippen molar-refractivity contribution in [2.75, 3.05) is 0 Å². The van der Waals surface area contributed by atoms with Gasteiger partial charge in [0.2, 0.25) is 5.76 Å². The molecule has 0 saturated heterocycles. The van der Waals surface area contributed by atoms with Gasteiger partial charge in [0.05, 0.1) is 17.3 Å². The predicted molar refractivity (Wildman–Crippen MR) is 93.2 cm³/mol. The van der Waals surface area contributed by atoms with Crippen molar-refractivity contribution in [2.24, 2.45) is 5.92 Å². The Bertz CT molecular complexity index is 870. The standard InChI is InChI=1S/C18H18ClN3O3/c1-11(2)7-12-8-17(25-21-12)18(23)20-10-13-9-16(22-24-13)14-5-3-4-6-15(14)19/h3-6,8-9,11H,7,10H2,1-2H3,(H,20,23). The lowest BCUT2D eigenvalue weighted by Crippen LogP contribution is -2.22. The van der Waals surface area contributed by atoms with Gasteiger partial charge < -0.3 is 14.4 Å². The molecule has 130 valence electrons. The molecule has 7 heteroatoms. The minimum atomic E-state index is -0.349. The first-order valence-corrected chi connectivity index (χ1v) is 8.35. The molecular weight excluding hydrogens is 342 g/mol. The Morgan fingerprint density at radius 3 is 2.76 bits per heavy atom. The second-order valence-electron chi connectivity index (χ2n) is 6.12. The summed E-state index contributed by atoms with van der Waals surface area (Å²) in [5.74, 6) is 0.795. The number of rotatable bonds is 6. The van der Waals surface area contributed by atoms with Crippen LogP contribution in [-0.4, -0.2) is 16.2 Å². The summed E-state index contributed by atoms with van der Waals surface area (Å²) in [4.78, 5) is 12.1. The van der Waals surface area contributed by atoms with Crippen molar-refractivity contribution in [1.82, 2.24) is 15.6 Å². The molecule has 2 aromatic heterocycles. The molecule has 0 radical (unpaired) electrons. The van der Waals surface area contributed by atoms with E-state index >= 15 is 0 Å². The van der Waals surface area contributed by atoms with Crippen molar-refractivity contribution in [3.05, 3.63) is 58.6 Å². The third-order valence-electron chi connectivity index (χ3n) is 3.53. The van der Waals surface area contributed by atoms with Gasteiger partial charge in [-0.2, -0.15) is 0 Å². The second kappa shape index (κ2) is 7.53. The maximum absolute atomic E-state index is 12.1. The highest BCUT2D eigenvalue weighted by molar-refractivity contribution is 6.33. The summed E-state index contributed by atoms with van der Waals surface area (Å²) in [6, 6.07) is 10.8. The summed E-state index contributed by atoms with van der Waals surface area (Å²) in [5, 5.41) is 11.2. The van der Waals surface area contributed by atoms with Gasteiger partial charge in [0, 0.05) is 17.7 Å². The van der Waals surface area contributed by atoms with E-state index in [4.69, 9.17) is 20.6 Å². The van der Waals surface area contributed by atoms with E-state index in [0.717, 1.165) is 17.7 Å². The Labute approximate surface area is 150 Å². The topological polar surface area (TPSA) is 81.2 Å². The lowest BCUT2D eigenvalue weighted by atomic mass is 10.1. The molecule has 0 saturated carbocycles. The molecule has 6 nitrogen and oxygen atoms in total. The van der Waals surface area contributed by atoms with Crippen LogP contribution in [0.3, 0.4) is 0 Å². The minimum absolute atomic E-state index is 0.182. The molecule has 2 heterocycles. The Balaban J connectivity index is 1.61. The fraction of sp³-hybridized carbons (Fsp3) is 0.278. The van der Waals surface area contributed by atoms with Crippen molar-refractivity contribution in [1.29, 1.82) is 0 Å². The molecule has 3 aromatic rings. The van der Waals surface area contributed by atoms with Crippen molar-refractivity contribution < 1.29 is 13.8 Å². The monoisotopic (exact) mass is 359 g/mol. The number of aromatic nitrogens is 2. The maximum atomic E-state index is 12.1. The Morgan fingerprint density at radius 1 is 1.20 bits per heavy atom. The van der Waals surface area contributed by atoms with Crippen LogP contribution in [0, 0.1) is 5.92 Å². The molecule has 0 atom stereocenters. The van der Waals surface area contributed by atoms with Gasteiger partial charge in [-0.1, -0.05) is 54.0 Å². The summed E-state index contributed by atoms with van der Waals surface area (Å²) in [6.45, 7) is 4.35. The van der Waals surface area contributed by atoms with Crippen molar-refractivity contribution >= 4 is 17.5 Å². The summed E-state index contributed by atoms with van der Waals surface area (Å²) >= 11 is 6.14. The molecule has 0 spiro atoms. The average molecular weight is 360 g/mol. The van der Waals surface area contributed by atoms with Gasteiger partial charge in [0.15, 0.2) is 5.76 Å². The third kappa shape index (κ3) is 4.28. The highest BCUT2D eigenvalue weighted by Crippen LogP contribution is 2.26. The number of nitrogens with zero attached hydrogens (tertiary/aromatic N) is 2. The van der Waals surface area contributed by atoms with Crippen LogP contribution < -0.4 is 5.32 Å². The molecule has 0 bridgehead atoms. The van der Waals surface area contributed by atoms with Gasteiger partial charge in [-0.05, 0) is 18.4 Å². The molecule has 1 N–H and O–H groups in total. The van der Waals surface area contributed by atoms with E-state index < -0.39 is 0 Å². The zero-order chi connectivity index (χ0) is 17.8. The SMILES string of the molecule is CC(C)Cc1cc(C(=O)NCc2cc(-c3ccccc3Cl)no2)on1. The molecule has 1 amide bonds. The van der Waals surface area contributed by atoms with Crippen LogP contribution in [0.5, 0.6) is 0 Å². The largest absolute Gasteiger partial charge is 0.359 e. The van der Waals surface area contributed by atoms with Gasteiger partial charge in [0.1, 0.15) is 5.69 Å². The number of carbonyl (C=O) groups is 1. The van der Waals surface area contributed by atoms with Gasteiger partial charge in [-0.15, -0.1) is 0 Å². The fourth-order valence-electron chi connectivity index (χ4n) is 2.38. The number of carbonyl (C=O) groups excluding carboxylic acids is 1. The normalized spacial score (nSPS) is 11.0. The molecule has 3 rings (SSSR count). The Morgan fingerprint density at radius 2 is 2.00 bits per heavy atom. The summed E-state index contributed by atoms with van der Waals surface area (Å²) in [5.41, 5.74) is 2.16. The quantitative estimate of drug-likeness (QED) is 0.716. The minimum Gasteiger partial charge on any atom is -0.359 e. The fourth-order valence-corrected chi connectivity index (χ4v) is 2.61. The molecule has 0 aliphatic heterocycles. The first kappa shape index (κ1) is 17.2. The number of amides is 1. The number of nitrogens with one attached hydrogen (secondary N) is 1. The van der Waals surface area contributed by atoms with Crippen molar-refractivity contribution in [3.8, 4) is 11.3 Å². The molecule has 0 fully saturated rings. The van der Waals surface area contributed by atoms with Crippen LogP contribution in [0.1, 0.15) is 35.9 Å². The average Bonchev–Trinajstić information content (AvgIpc) is 3.22. The molecule has 0 unspecified atom stereocenters. The summed E-state index contributed by atoms with van der Waals surface area (Å²) < 4.78 is 10.3. The van der Waals surface area contributed by atoms with E-state index in [2.05, 4.69) is 29.5 Å². The van der Waals surface area contributed by atoms with Crippen LogP contribution in [0.2, 0.25) is 5.02 Å². The van der Waals surface area contributed by atoms with E-state index in [9.17, 15) is 4.79 Å². The van der Waals surface area contributed by atoms with Gasteiger partial charge in [-0.3, -0.25) is 4.79 Å². The zero-order valence-corrected chi connectivity index (χ0v) is 14.7. The van der Waals surface area contributed by atoms with E-state index in [1.165, 1.54) is 0 Å². The number of halogens is 1. The van der Waals surface area contributed by atoms with Gasteiger partial charge in [-0.25, -0.2) is 0 Å². The van der Waals surface area contributed by atoms with Crippen LogP contribution >= 0.6 is 11.6 Å². The van der Waals surface area contributed by atoms with Crippen LogP contribution in [0.25, 0.3) is 11.3 Å². The number of hydrogen-bond acceptors (Lipinski definition) is 5. The summed E-state index contributed by atoms with van der Waals surface area (Å²) in [7, 11) is 0. The van der Waals surface area contributed by atoms with Crippen molar-refractivity contribution in [3.63, 3.8) is 0 Å². The van der Waals surface area contributed by atoms with Crippen LogP contribution in [-0.2, 0) is 13.0 Å². The first-order valence-electron chi connectivity index (χ1n) is 7.97. The molecule has 1 aromatic carbocycles. The zero-order valence-electron chi connectivity index (χ0n) is 14.0. The third-order valence-corrected chi connectivity index (χ3v) is 3.86. The molecule has 0 aliphatic rings. The van der Waals surface area contributed by atoms with E-state index in [-0.39, 0.29) is 18.2 Å². The first-order chi connectivity index (χ1) is 12.0. The molecule has 25 heavy (non-hydrogen) atoms. The number of benzene rings is 1. The Kier molecular flexibility index (Phi) is 5.19. The molecule has 0 aliphatic carbocycles. The lowest BCUT2D eigenvalue weighted by Gasteiger charge is -1.98. The highest BCUT2D eigenvalue weighted by Gasteiger charge is 2.15. The number of hydrogen-bond donors (Lipinski definition) is 1. The van der Waals surface area contributed by atoms with E-state index in [0.29, 0.717) is 22.4 Å². The second-order valence-corrected chi connectivity index (χ2v) is 6.53.